The van der Waals surface area contributed by atoms with Gasteiger partial charge in [0, 0.05) is 0 Å². The molecule has 5 atom stereocenters. The molecule has 0 aromatic carbocycles. The summed E-state index contributed by atoms with van der Waals surface area (Å²) in [6.45, 7) is -0.730. The predicted molar refractivity (Wildman–Crippen MR) is 46.9 cm³/mol. The van der Waals surface area contributed by atoms with Gasteiger partial charge in [0.05, 0.1) is 6.61 Å². The molecule has 0 amide bonds. The lowest BCUT2D eigenvalue weighted by atomic mass is 10.00. The van der Waals surface area contributed by atoms with E-state index >= 15 is 0 Å². The van der Waals surface area contributed by atoms with Crippen LogP contribution in [0.4, 0.5) is 0 Å². The van der Waals surface area contributed by atoms with Gasteiger partial charge >= 0.3 is 7.82 Å². The molecule has 0 saturated carbocycles. The van der Waals surface area contributed by atoms with Crippen molar-refractivity contribution in [3.63, 3.8) is 0 Å². The molecule has 0 aromatic rings. The van der Waals surface area contributed by atoms with Crippen molar-refractivity contribution in [2.75, 3.05) is 6.61 Å². The fourth-order valence-corrected chi connectivity index (χ4v) is 1.58. The number of phosphoric ester groups is 1. The van der Waals surface area contributed by atoms with E-state index in [1.54, 1.807) is 0 Å². The Morgan fingerprint density at radius 1 is 1.06 bits per heavy atom. The van der Waals surface area contributed by atoms with E-state index in [-0.39, 0.29) is 0 Å². The lowest BCUT2D eigenvalue weighted by molar-refractivity contribution is -0.285. The number of hydrogen-bond acceptors (Lipinski definition) is 7. The highest BCUT2D eigenvalue weighted by molar-refractivity contribution is 7.46. The minimum Gasteiger partial charge on any atom is -0.387 e. The fraction of sp³-hybridized carbons (Fsp3) is 1.00. The van der Waals surface area contributed by atoms with Gasteiger partial charge in [-0.1, -0.05) is 0 Å². The maximum absolute atomic E-state index is 10.4. The molecule has 1 saturated heterocycles. The van der Waals surface area contributed by atoms with E-state index in [2.05, 4.69) is 9.26 Å². The summed E-state index contributed by atoms with van der Waals surface area (Å²) in [7, 11) is -4.73. The maximum Gasteiger partial charge on any atom is 0.469 e. The molecule has 1 rings (SSSR count). The molecule has 0 bridgehead atoms. The Morgan fingerprint density at radius 2 is 1.62 bits per heavy atom. The molecule has 1 heterocycles. The number of aliphatic hydroxyl groups excluding tert-OH is 4. The lowest BCUT2D eigenvalue weighted by Gasteiger charge is -2.38. The van der Waals surface area contributed by atoms with Gasteiger partial charge in [0.2, 0.25) is 0 Å². The van der Waals surface area contributed by atoms with Crippen LogP contribution in [0.3, 0.4) is 0 Å². The minimum atomic E-state index is -4.73. The molecule has 1 fully saturated rings. The maximum atomic E-state index is 10.4. The van der Waals surface area contributed by atoms with Gasteiger partial charge < -0.3 is 34.9 Å². The zero-order valence-electron chi connectivity index (χ0n) is 7.95. The zero-order chi connectivity index (χ0) is 12.5. The number of phosphoric acid groups is 1. The highest BCUT2D eigenvalue weighted by atomic mass is 31.2. The monoisotopic (exact) mass is 260 g/mol. The van der Waals surface area contributed by atoms with E-state index in [9.17, 15) is 14.8 Å². The topological polar surface area (TPSA) is 157 Å². The van der Waals surface area contributed by atoms with Crippen molar-refractivity contribution >= 4 is 7.82 Å². The van der Waals surface area contributed by atoms with Gasteiger partial charge in [0.25, 0.3) is 0 Å². The van der Waals surface area contributed by atoms with E-state index in [1.807, 2.05) is 0 Å². The van der Waals surface area contributed by atoms with Crippen LogP contribution < -0.4 is 0 Å². The molecule has 9 nitrogen and oxygen atoms in total. The first-order valence-electron chi connectivity index (χ1n) is 4.30. The average Bonchev–Trinajstić information content (AvgIpc) is 2.17. The first kappa shape index (κ1) is 14.0. The van der Waals surface area contributed by atoms with Crippen LogP contribution in [0.5, 0.6) is 0 Å². The summed E-state index contributed by atoms with van der Waals surface area (Å²) in [6.07, 6.45) is -8.11. The molecule has 0 radical (unpaired) electrons. The zero-order valence-corrected chi connectivity index (χ0v) is 8.84. The van der Waals surface area contributed by atoms with Crippen molar-refractivity contribution in [1.29, 1.82) is 0 Å². The van der Waals surface area contributed by atoms with Gasteiger partial charge in [-0.25, -0.2) is 4.57 Å². The summed E-state index contributed by atoms with van der Waals surface area (Å²) in [5.41, 5.74) is 0. The molecule has 1 aliphatic rings. The normalized spacial score (nSPS) is 41.0. The summed E-state index contributed by atoms with van der Waals surface area (Å²) in [6, 6.07) is 0. The number of ether oxygens (including phenoxy) is 1. The molecule has 0 aliphatic carbocycles. The van der Waals surface area contributed by atoms with Gasteiger partial charge in [0.1, 0.15) is 24.4 Å². The molecule has 16 heavy (non-hydrogen) atoms. The Kier molecular flexibility index (Phi) is 4.41. The molecule has 10 heteroatoms. The molecular weight excluding hydrogens is 247 g/mol. The molecule has 1 aliphatic heterocycles. The summed E-state index contributed by atoms with van der Waals surface area (Å²) < 4.78 is 19.0. The van der Waals surface area contributed by atoms with Gasteiger partial charge in [-0.15, -0.1) is 0 Å². The van der Waals surface area contributed by atoms with E-state index in [4.69, 9.17) is 20.0 Å². The molecule has 3 unspecified atom stereocenters. The largest absolute Gasteiger partial charge is 0.469 e. The number of aliphatic hydroxyl groups is 4. The van der Waals surface area contributed by atoms with Crippen molar-refractivity contribution < 1.29 is 44.0 Å². The second kappa shape index (κ2) is 5.05. The van der Waals surface area contributed by atoms with E-state index in [1.165, 1.54) is 0 Å². The number of rotatable bonds is 3. The third-order valence-corrected chi connectivity index (χ3v) is 2.58. The Morgan fingerprint density at radius 3 is 2.12 bits per heavy atom. The van der Waals surface area contributed by atoms with Crippen molar-refractivity contribution in [1.82, 2.24) is 0 Å². The smallest absolute Gasteiger partial charge is 0.387 e. The highest BCUT2D eigenvalue weighted by Gasteiger charge is 2.43. The summed E-state index contributed by atoms with van der Waals surface area (Å²) in [5.74, 6) is 0. The van der Waals surface area contributed by atoms with Gasteiger partial charge in [-0.05, 0) is 0 Å². The van der Waals surface area contributed by atoms with Gasteiger partial charge in [0.15, 0.2) is 6.29 Å². The Labute approximate surface area is 90.1 Å². The second-order valence-electron chi connectivity index (χ2n) is 3.32. The molecule has 0 spiro atoms. The summed E-state index contributed by atoms with van der Waals surface area (Å²) >= 11 is 0. The molecule has 6 N–H and O–H groups in total. The third kappa shape index (κ3) is 3.45. The second-order valence-corrected chi connectivity index (χ2v) is 4.56. The first-order valence-corrected chi connectivity index (χ1v) is 5.83. The van der Waals surface area contributed by atoms with Crippen molar-refractivity contribution in [3.05, 3.63) is 0 Å². The summed E-state index contributed by atoms with van der Waals surface area (Å²) in [5, 5.41) is 36.7. The lowest BCUT2D eigenvalue weighted by Crippen LogP contribution is -2.58. The Bertz CT molecular complexity index is 277. The molecule has 0 aromatic heterocycles. The molecule has 96 valence electrons. The highest BCUT2D eigenvalue weighted by Crippen LogP contribution is 2.36. The van der Waals surface area contributed by atoms with E-state index in [0.717, 1.165) is 0 Å². The minimum absolute atomic E-state index is 0.730. The average molecular weight is 260 g/mol. The van der Waals surface area contributed by atoms with E-state index in [0.29, 0.717) is 0 Å². The van der Waals surface area contributed by atoms with Crippen molar-refractivity contribution in [2.24, 2.45) is 0 Å². The van der Waals surface area contributed by atoms with Crippen LogP contribution in [-0.2, 0) is 13.8 Å². The fourth-order valence-electron chi connectivity index (χ4n) is 1.24. The van der Waals surface area contributed by atoms with Crippen LogP contribution in [0, 0.1) is 0 Å². The first-order chi connectivity index (χ1) is 7.22. The van der Waals surface area contributed by atoms with Crippen LogP contribution in [0.2, 0.25) is 0 Å². The molecular formula is C6H13O9P. The van der Waals surface area contributed by atoms with Crippen LogP contribution in [0.15, 0.2) is 0 Å². The van der Waals surface area contributed by atoms with Crippen LogP contribution in [0.1, 0.15) is 0 Å². The van der Waals surface area contributed by atoms with Gasteiger partial charge in [-0.3, -0.25) is 4.52 Å². The standard InChI is InChI=1S/C6H13O9P/c7-3-2(1-14-16(11,12)13)15-6(10)5(9)4(3)8/h2-10H,1H2,(H2,11,12,13)/t2?,3?,4-,5?,6+/m1/s1. The third-order valence-electron chi connectivity index (χ3n) is 2.09. The Hall–Kier alpha value is -0.0900. The van der Waals surface area contributed by atoms with Crippen LogP contribution >= 0.6 is 7.82 Å². The van der Waals surface area contributed by atoms with Crippen molar-refractivity contribution in [2.45, 2.75) is 30.7 Å². The SMILES string of the molecule is O=P(O)(O)OCC1O[C@H](O)C(O)[C@H](O)C1O. The van der Waals surface area contributed by atoms with E-state index < -0.39 is 45.1 Å². The number of hydrogen-bond donors (Lipinski definition) is 6. The Balaban J connectivity index is 2.57. The van der Waals surface area contributed by atoms with Crippen molar-refractivity contribution in [3.8, 4) is 0 Å². The quantitative estimate of drug-likeness (QED) is 0.289. The predicted octanol–water partition coefficient (Wildman–Crippen LogP) is -3.10. The van der Waals surface area contributed by atoms with Crippen LogP contribution in [0.25, 0.3) is 0 Å². The van der Waals surface area contributed by atoms with Crippen LogP contribution in [-0.4, -0.2) is 67.5 Å². The van der Waals surface area contributed by atoms with Gasteiger partial charge in [-0.2, -0.15) is 0 Å². The summed E-state index contributed by atoms with van der Waals surface area (Å²) in [4.78, 5) is 16.8.